The Morgan fingerprint density at radius 2 is 1.88 bits per heavy atom. The van der Waals surface area contributed by atoms with E-state index >= 15 is 8.78 Å². The number of ether oxygens (including phenoxy) is 1. The van der Waals surface area contributed by atoms with Crippen molar-refractivity contribution in [3.8, 4) is 0 Å². The molecule has 1 saturated heterocycles. The molecule has 0 radical (unpaired) electrons. The zero-order valence-electron chi connectivity index (χ0n) is 23.2. The van der Waals surface area contributed by atoms with Crippen molar-refractivity contribution >= 4 is 17.5 Å². The predicted molar refractivity (Wildman–Crippen MR) is 143 cm³/mol. The Morgan fingerprint density at radius 1 is 1.15 bits per heavy atom. The molecule has 0 unspecified atom stereocenters. The number of hydrogen-bond donors (Lipinski definition) is 1. The molecule has 1 heterocycles. The van der Waals surface area contributed by atoms with Crippen LogP contribution < -0.4 is 0 Å². The number of likely N-dealkylation sites (tertiary alicyclic amines) is 1. The number of ketones is 2. The maximum atomic E-state index is 17.6. The summed E-state index contributed by atoms with van der Waals surface area (Å²) in [6.07, 6.45) is 1.30. The van der Waals surface area contributed by atoms with Crippen LogP contribution in [0.4, 0.5) is 8.78 Å². The molecule has 5 aliphatic rings. The molecule has 6 nitrogen and oxygen atoms in total. The van der Waals surface area contributed by atoms with Crippen LogP contribution in [0.2, 0.25) is 0 Å². The first kappa shape index (κ1) is 27.5. The van der Waals surface area contributed by atoms with Gasteiger partial charge in [0, 0.05) is 37.9 Å². The molecule has 4 fully saturated rings. The third-order valence-corrected chi connectivity index (χ3v) is 11.4. The molecule has 1 aromatic carbocycles. The van der Waals surface area contributed by atoms with Gasteiger partial charge in [-0.3, -0.25) is 19.3 Å². The molecule has 1 aliphatic heterocycles. The number of nitrogens with zero attached hydrogens (tertiary/aromatic N) is 1. The van der Waals surface area contributed by atoms with Crippen LogP contribution in [0.25, 0.3) is 0 Å². The van der Waals surface area contributed by atoms with E-state index in [1.165, 1.54) is 25.2 Å². The number of carbonyl (C=O) groups excluding carboxylic acids is 3. The van der Waals surface area contributed by atoms with Crippen molar-refractivity contribution in [2.75, 3.05) is 19.7 Å². The zero-order chi connectivity index (χ0) is 28.7. The summed E-state index contributed by atoms with van der Waals surface area (Å²) < 4.78 is 38.6. The summed E-state index contributed by atoms with van der Waals surface area (Å²) in [4.78, 5) is 40.2. The molecule has 0 bridgehead atoms. The average molecular weight is 554 g/mol. The molecular formula is C32H37F2NO5. The van der Waals surface area contributed by atoms with Gasteiger partial charge in [-0.05, 0) is 66.7 Å². The molecule has 8 heteroatoms. The summed E-state index contributed by atoms with van der Waals surface area (Å²) in [5, 5.41) is 11.7. The zero-order valence-corrected chi connectivity index (χ0v) is 23.2. The molecule has 0 amide bonds. The Hall–Kier alpha value is -2.71. The lowest BCUT2D eigenvalue weighted by molar-refractivity contribution is -0.212. The first-order valence-corrected chi connectivity index (χ1v) is 14.3. The van der Waals surface area contributed by atoms with E-state index in [2.05, 4.69) is 4.90 Å². The minimum atomic E-state index is -2.19. The number of fused-ring (bicyclic) bond motifs is 7. The molecule has 214 valence electrons. The number of benzene rings is 1. The van der Waals surface area contributed by atoms with Gasteiger partial charge in [-0.25, -0.2) is 8.78 Å². The van der Waals surface area contributed by atoms with Crippen molar-refractivity contribution in [3.63, 3.8) is 0 Å². The third kappa shape index (κ3) is 3.54. The van der Waals surface area contributed by atoms with E-state index in [0.29, 0.717) is 26.1 Å². The highest BCUT2D eigenvalue weighted by molar-refractivity contribution is 6.01. The Morgan fingerprint density at radius 3 is 2.58 bits per heavy atom. The molecule has 6 rings (SSSR count). The molecule has 9 atom stereocenters. The van der Waals surface area contributed by atoms with Gasteiger partial charge >= 0.3 is 5.97 Å². The first-order chi connectivity index (χ1) is 18.9. The monoisotopic (exact) mass is 553 g/mol. The maximum Gasteiger partial charge on any atom is 0.303 e. The second kappa shape index (κ2) is 9.15. The number of halogens is 2. The van der Waals surface area contributed by atoms with E-state index in [9.17, 15) is 19.5 Å². The number of alkyl halides is 2. The number of hydrogen-bond acceptors (Lipinski definition) is 6. The van der Waals surface area contributed by atoms with Crippen molar-refractivity contribution in [2.45, 2.75) is 64.5 Å². The summed E-state index contributed by atoms with van der Waals surface area (Å²) in [5.74, 6) is -2.51. The summed E-state index contributed by atoms with van der Waals surface area (Å²) in [6, 6.07) is 9.95. The number of carbonyl (C=O) groups is 3. The van der Waals surface area contributed by atoms with Crippen molar-refractivity contribution in [3.05, 3.63) is 59.7 Å². The number of esters is 1. The Kier molecular flexibility index (Phi) is 6.28. The molecular weight excluding hydrogens is 516 g/mol. The number of Topliss-reactive ketones (excluding diaryl/α,β-unsaturated/α-hetero) is 1. The molecule has 3 saturated carbocycles. The van der Waals surface area contributed by atoms with Gasteiger partial charge in [0.1, 0.15) is 6.17 Å². The van der Waals surface area contributed by atoms with Gasteiger partial charge in [0.15, 0.2) is 23.8 Å². The minimum Gasteiger partial charge on any atom is -0.458 e. The van der Waals surface area contributed by atoms with Crippen LogP contribution in [-0.2, 0) is 25.7 Å². The van der Waals surface area contributed by atoms with E-state index in [-0.39, 0.29) is 48.4 Å². The first-order valence-electron chi connectivity index (χ1n) is 14.3. The van der Waals surface area contributed by atoms with Crippen molar-refractivity contribution in [1.82, 2.24) is 4.90 Å². The maximum absolute atomic E-state index is 17.6. The molecule has 0 spiro atoms. The quantitative estimate of drug-likeness (QED) is 0.552. The highest BCUT2D eigenvalue weighted by atomic mass is 19.1. The normalized spacial score (nSPS) is 43.8. The largest absolute Gasteiger partial charge is 0.458 e. The topological polar surface area (TPSA) is 83.9 Å². The van der Waals surface area contributed by atoms with Crippen LogP contribution in [-0.4, -0.2) is 65.2 Å². The smallest absolute Gasteiger partial charge is 0.303 e. The second-order valence-corrected chi connectivity index (χ2v) is 13.1. The Labute approximate surface area is 233 Å². The summed E-state index contributed by atoms with van der Waals surface area (Å²) >= 11 is 0. The van der Waals surface area contributed by atoms with Gasteiger partial charge in [0.05, 0.1) is 11.5 Å². The van der Waals surface area contributed by atoms with Crippen molar-refractivity contribution < 1.29 is 33.0 Å². The molecule has 40 heavy (non-hydrogen) atoms. The molecule has 1 N–H and O–H groups in total. The fourth-order valence-corrected chi connectivity index (χ4v) is 9.64. The van der Waals surface area contributed by atoms with Crippen LogP contribution in [0, 0.1) is 34.0 Å². The fourth-order valence-electron chi connectivity index (χ4n) is 9.64. The fraction of sp³-hybridized carbons (Fsp3) is 0.594. The van der Waals surface area contributed by atoms with Crippen LogP contribution in [0.3, 0.4) is 0 Å². The van der Waals surface area contributed by atoms with E-state index in [4.69, 9.17) is 4.74 Å². The predicted octanol–water partition coefficient (Wildman–Crippen LogP) is 4.17. The van der Waals surface area contributed by atoms with Crippen molar-refractivity contribution in [2.24, 2.45) is 34.0 Å². The van der Waals surface area contributed by atoms with Gasteiger partial charge in [0.2, 0.25) is 0 Å². The second-order valence-electron chi connectivity index (χ2n) is 13.1. The van der Waals surface area contributed by atoms with Crippen molar-refractivity contribution in [1.29, 1.82) is 0 Å². The number of allylic oxidation sites excluding steroid dienone is 4. The summed E-state index contributed by atoms with van der Waals surface area (Å²) in [6.45, 7) is 6.06. The molecule has 0 aromatic heterocycles. The number of aliphatic hydroxyl groups is 1. The van der Waals surface area contributed by atoms with Crippen LogP contribution in [0.1, 0.15) is 45.6 Å². The lowest BCUT2D eigenvalue weighted by atomic mass is 9.43. The van der Waals surface area contributed by atoms with E-state index in [1.54, 1.807) is 6.92 Å². The van der Waals surface area contributed by atoms with E-state index in [0.717, 1.165) is 5.56 Å². The Balaban J connectivity index is 1.41. The minimum absolute atomic E-state index is 0.0216. The molecule has 4 aliphatic carbocycles. The van der Waals surface area contributed by atoms with E-state index < -0.39 is 46.1 Å². The van der Waals surface area contributed by atoms with Gasteiger partial charge in [-0.1, -0.05) is 43.3 Å². The molecule has 1 aromatic rings. The summed E-state index contributed by atoms with van der Waals surface area (Å²) in [7, 11) is 0. The van der Waals surface area contributed by atoms with Gasteiger partial charge in [-0.2, -0.15) is 0 Å². The highest BCUT2D eigenvalue weighted by Gasteiger charge is 2.78. The summed E-state index contributed by atoms with van der Waals surface area (Å²) in [5.41, 5.74) is -4.27. The van der Waals surface area contributed by atoms with Crippen LogP contribution in [0.15, 0.2) is 54.1 Å². The standard InChI is InChI=1S/C32H37F2NO5/c1-19(36)40-17-28(39)31-18-35(15-20-7-5-4-6-8-20)16-21(31)11-23-24-13-26(33)25-12-22(37)9-10-29(25,2)32(24,34)27(38)14-30(23,31)3/h4-10,12,21,23-24,26-27,38H,11,13-18H2,1-3H3/t21-,23-,24-,26-,27-,29-,30-,31+,32-/m0/s1. The van der Waals surface area contributed by atoms with Gasteiger partial charge < -0.3 is 9.84 Å². The SMILES string of the molecule is CC(=O)OCC(=O)[C@@]12CN(Cc3ccccc3)C[C@@H]1C[C@H]1[C@@H]3C[C@H](F)C4=CC(=O)C=C[C@]4(C)[C@@]3(F)[C@@H](O)C[C@@]12C. The lowest BCUT2D eigenvalue weighted by Crippen LogP contribution is -2.69. The van der Waals surface area contributed by atoms with Gasteiger partial charge in [-0.15, -0.1) is 0 Å². The highest BCUT2D eigenvalue weighted by Crippen LogP contribution is 2.74. The average Bonchev–Trinajstić information content (AvgIpc) is 3.38. The third-order valence-electron chi connectivity index (χ3n) is 11.4. The van der Waals surface area contributed by atoms with Gasteiger partial charge in [0.25, 0.3) is 0 Å². The Bertz CT molecular complexity index is 1310. The number of aliphatic hydroxyl groups excluding tert-OH is 1. The van der Waals surface area contributed by atoms with Crippen LogP contribution >= 0.6 is 0 Å². The lowest BCUT2D eigenvalue weighted by Gasteiger charge is -2.63. The number of rotatable bonds is 5. The van der Waals surface area contributed by atoms with E-state index in [1.807, 2.05) is 37.3 Å². The van der Waals surface area contributed by atoms with Crippen LogP contribution in [0.5, 0.6) is 0 Å².